The lowest BCUT2D eigenvalue weighted by Crippen LogP contribution is -2.59. The van der Waals surface area contributed by atoms with Crippen LogP contribution >= 0.6 is 0 Å². The van der Waals surface area contributed by atoms with E-state index in [1.807, 2.05) is 14.0 Å². The van der Waals surface area contributed by atoms with Crippen molar-refractivity contribution in [1.29, 1.82) is 0 Å². The number of piperazine rings is 1. The largest absolute Gasteiger partial charge is 0.357 e. The first-order chi connectivity index (χ1) is 9.52. The van der Waals surface area contributed by atoms with Crippen molar-refractivity contribution in [2.75, 3.05) is 33.7 Å². The number of likely N-dealkylation sites (N-methyl/N-ethyl adjacent to an activating group) is 2. The van der Waals surface area contributed by atoms with E-state index in [0.29, 0.717) is 18.7 Å². The van der Waals surface area contributed by atoms with Gasteiger partial charge in [-0.05, 0) is 26.1 Å². The maximum Gasteiger partial charge on any atom is 0.256 e. The number of carbonyl (C=O) groups excluding carboxylic acids is 2. The fourth-order valence-electron chi connectivity index (χ4n) is 2.31. The van der Waals surface area contributed by atoms with Crippen LogP contribution in [0.4, 0.5) is 0 Å². The quantitative estimate of drug-likeness (QED) is 0.819. The molecule has 1 N–H and O–H groups in total. The van der Waals surface area contributed by atoms with Crippen LogP contribution in [-0.2, 0) is 4.79 Å². The molecule has 6 nitrogen and oxygen atoms in total. The molecule has 108 valence electrons. The predicted octanol–water partition coefficient (Wildman–Crippen LogP) is -0.108. The molecule has 0 spiro atoms. The van der Waals surface area contributed by atoms with Crippen molar-refractivity contribution < 1.29 is 9.59 Å². The predicted molar refractivity (Wildman–Crippen MR) is 75.4 cm³/mol. The maximum atomic E-state index is 12.5. The van der Waals surface area contributed by atoms with Crippen molar-refractivity contribution in [3.05, 3.63) is 29.6 Å². The second-order valence-corrected chi connectivity index (χ2v) is 5.08. The van der Waals surface area contributed by atoms with Crippen LogP contribution in [-0.4, -0.2) is 66.4 Å². The van der Waals surface area contributed by atoms with Crippen LogP contribution in [0, 0.1) is 6.92 Å². The first-order valence-electron chi connectivity index (χ1n) is 6.66. The molecule has 2 amide bonds. The smallest absolute Gasteiger partial charge is 0.256 e. The van der Waals surface area contributed by atoms with Crippen LogP contribution in [0.25, 0.3) is 0 Å². The van der Waals surface area contributed by atoms with Crippen LogP contribution in [0.1, 0.15) is 16.1 Å². The highest BCUT2D eigenvalue weighted by atomic mass is 16.2. The molecule has 1 aromatic heterocycles. The third kappa shape index (κ3) is 2.96. The zero-order chi connectivity index (χ0) is 14.7. The SMILES string of the molecule is CNC(=O)C1CN(C)CCN1C(=O)c1ccc(C)nc1. The Morgan fingerprint density at radius 2 is 2.10 bits per heavy atom. The van der Waals surface area contributed by atoms with Gasteiger partial charge in [0.2, 0.25) is 5.91 Å². The van der Waals surface area contributed by atoms with E-state index in [0.717, 1.165) is 12.2 Å². The maximum absolute atomic E-state index is 12.5. The number of aryl methyl sites for hydroxylation is 1. The molecule has 1 aliphatic rings. The second-order valence-electron chi connectivity index (χ2n) is 5.08. The van der Waals surface area contributed by atoms with Crippen LogP contribution < -0.4 is 5.32 Å². The highest BCUT2D eigenvalue weighted by Gasteiger charge is 2.34. The van der Waals surface area contributed by atoms with Crippen LogP contribution in [0.3, 0.4) is 0 Å². The summed E-state index contributed by atoms with van der Waals surface area (Å²) in [6.07, 6.45) is 1.57. The molecule has 2 heterocycles. The summed E-state index contributed by atoms with van der Waals surface area (Å²) >= 11 is 0. The normalized spacial score (nSPS) is 19.8. The van der Waals surface area contributed by atoms with Gasteiger partial charge in [0.15, 0.2) is 0 Å². The Morgan fingerprint density at radius 1 is 1.35 bits per heavy atom. The van der Waals surface area contributed by atoms with E-state index in [2.05, 4.69) is 15.2 Å². The number of aromatic nitrogens is 1. The van der Waals surface area contributed by atoms with Crippen LogP contribution in [0.2, 0.25) is 0 Å². The average Bonchev–Trinajstić information content (AvgIpc) is 2.46. The second kappa shape index (κ2) is 6.00. The van der Waals surface area contributed by atoms with E-state index >= 15 is 0 Å². The van der Waals surface area contributed by atoms with Crippen molar-refractivity contribution >= 4 is 11.8 Å². The summed E-state index contributed by atoms with van der Waals surface area (Å²) < 4.78 is 0. The van der Waals surface area contributed by atoms with Gasteiger partial charge in [-0.3, -0.25) is 14.6 Å². The van der Waals surface area contributed by atoms with E-state index in [1.54, 1.807) is 30.3 Å². The fraction of sp³-hybridized carbons (Fsp3) is 0.500. The highest BCUT2D eigenvalue weighted by molar-refractivity contribution is 5.97. The molecule has 1 unspecified atom stereocenters. The van der Waals surface area contributed by atoms with E-state index in [4.69, 9.17) is 0 Å². The summed E-state index contributed by atoms with van der Waals surface area (Å²) in [5.74, 6) is -0.274. The molecule has 1 aliphatic heterocycles. The van der Waals surface area contributed by atoms with Gasteiger partial charge < -0.3 is 15.1 Å². The third-order valence-electron chi connectivity index (χ3n) is 3.55. The Morgan fingerprint density at radius 3 is 2.70 bits per heavy atom. The summed E-state index contributed by atoms with van der Waals surface area (Å²) in [4.78, 5) is 32.3. The lowest BCUT2D eigenvalue weighted by Gasteiger charge is -2.38. The van der Waals surface area contributed by atoms with Gasteiger partial charge in [0.05, 0.1) is 5.56 Å². The minimum absolute atomic E-state index is 0.134. The lowest BCUT2D eigenvalue weighted by molar-refractivity contribution is -0.126. The first kappa shape index (κ1) is 14.5. The van der Waals surface area contributed by atoms with Gasteiger partial charge in [-0.25, -0.2) is 0 Å². The fourth-order valence-corrected chi connectivity index (χ4v) is 2.31. The van der Waals surface area contributed by atoms with Crippen LogP contribution in [0.15, 0.2) is 18.3 Å². The molecule has 0 radical (unpaired) electrons. The monoisotopic (exact) mass is 276 g/mol. The number of pyridine rings is 1. The summed E-state index contributed by atoms with van der Waals surface area (Å²) in [5.41, 5.74) is 1.39. The number of nitrogens with one attached hydrogen (secondary N) is 1. The highest BCUT2D eigenvalue weighted by Crippen LogP contribution is 2.13. The zero-order valence-corrected chi connectivity index (χ0v) is 12.1. The van der Waals surface area contributed by atoms with Gasteiger partial charge >= 0.3 is 0 Å². The molecular formula is C14H20N4O2. The van der Waals surface area contributed by atoms with Crippen molar-refractivity contribution in [1.82, 2.24) is 20.1 Å². The zero-order valence-electron chi connectivity index (χ0n) is 12.1. The molecule has 1 atom stereocenters. The van der Waals surface area contributed by atoms with Crippen molar-refractivity contribution in [3.63, 3.8) is 0 Å². The molecular weight excluding hydrogens is 256 g/mol. The van der Waals surface area contributed by atoms with E-state index in [-0.39, 0.29) is 11.8 Å². The van der Waals surface area contributed by atoms with Gasteiger partial charge in [-0.2, -0.15) is 0 Å². The van der Waals surface area contributed by atoms with Gasteiger partial charge in [0, 0.05) is 38.6 Å². The number of amides is 2. The Bertz CT molecular complexity index is 500. The van der Waals surface area contributed by atoms with Crippen molar-refractivity contribution in [2.24, 2.45) is 0 Å². The molecule has 20 heavy (non-hydrogen) atoms. The number of hydrogen-bond acceptors (Lipinski definition) is 4. The molecule has 0 aromatic carbocycles. The Labute approximate surface area is 118 Å². The molecule has 0 aliphatic carbocycles. The summed E-state index contributed by atoms with van der Waals surface area (Å²) in [6, 6.07) is 3.11. The van der Waals surface area contributed by atoms with Gasteiger partial charge in [0.25, 0.3) is 5.91 Å². The van der Waals surface area contributed by atoms with Gasteiger partial charge in [0.1, 0.15) is 6.04 Å². The number of hydrogen-bond donors (Lipinski definition) is 1. The summed E-state index contributed by atoms with van der Waals surface area (Å²) in [6.45, 7) is 3.72. The van der Waals surface area contributed by atoms with E-state index in [1.165, 1.54) is 0 Å². The standard InChI is InChI=1S/C14H20N4O2/c1-10-4-5-11(8-16-10)14(20)18-7-6-17(3)9-12(18)13(19)15-2/h4-5,8,12H,6-7,9H2,1-3H3,(H,15,19). The Balaban J connectivity index is 2.21. The number of rotatable bonds is 2. The molecule has 0 saturated carbocycles. The molecule has 1 aromatic rings. The van der Waals surface area contributed by atoms with Crippen molar-refractivity contribution in [3.8, 4) is 0 Å². The lowest BCUT2D eigenvalue weighted by atomic mass is 10.1. The van der Waals surface area contributed by atoms with Gasteiger partial charge in [-0.15, -0.1) is 0 Å². The Hall–Kier alpha value is -1.95. The molecule has 1 fully saturated rings. The number of nitrogens with zero attached hydrogens (tertiary/aromatic N) is 3. The number of carbonyl (C=O) groups is 2. The molecule has 0 bridgehead atoms. The average molecular weight is 276 g/mol. The van der Waals surface area contributed by atoms with Crippen LogP contribution in [0.5, 0.6) is 0 Å². The molecule has 6 heteroatoms. The topological polar surface area (TPSA) is 65.5 Å². The Kier molecular flexibility index (Phi) is 4.34. The minimum Gasteiger partial charge on any atom is -0.357 e. The summed E-state index contributed by atoms with van der Waals surface area (Å²) in [5, 5.41) is 2.63. The first-order valence-corrected chi connectivity index (χ1v) is 6.66. The molecule has 1 saturated heterocycles. The minimum atomic E-state index is -0.451. The van der Waals surface area contributed by atoms with E-state index in [9.17, 15) is 9.59 Å². The van der Waals surface area contributed by atoms with Crippen molar-refractivity contribution in [2.45, 2.75) is 13.0 Å². The molecule has 2 rings (SSSR count). The summed E-state index contributed by atoms with van der Waals surface area (Å²) in [7, 11) is 3.54. The third-order valence-corrected chi connectivity index (χ3v) is 3.55. The van der Waals surface area contributed by atoms with Gasteiger partial charge in [-0.1, -0.05) is 0 Å². The van der Waals surface area contributed by atoms with E-state index < -0.39 is 6.04 Å².